The second-order valence-electron chi connectivity index (χ2n) is 17.0. The van der Waals surface area contributed by atoms with Crippen LogP contribution in [0, 0.1) is 6.92 Å². The zero-order valence-corrected chi connectivity index (χ0v) is 40.3. The van der Waals surface area contributed by atoms with Crippen LogP contribution in [0.15, 0.2) is 54.2 Å². The van der Waals surface area contributed by atoms with E-state index in [1.54, 1.807) is 48.3 Å². The molecule has 4 aromatic rings. The number of aryl methyl sites for hydroxylation is 1. The number of carbonyl (C=O) groups is 4. The molecule has 0 bridgehead atoms. The molecule has 65 heavy (non-hydrogen) atoms. The molecule has 2 aromatic heterocycles. The Morgan fingerprint density at radius 2 is 1.83 bits per heavy atom. The van der Waals surface area contributed by atoms with Crippen molar-refractivity contribution in [3.05, 3.63) is 76.0 Å². The molecule has 15 nitrogen and oxygen atoms in total. The average molecular weight is 952 g/mol. The number of ether oxygens (including phenoxy) is 1. The Labute approximate surface area is 394 Å². The molecule has 3 amide bonds. The standard InChI is InChI=1S/C29H39ClFN7O4S.C17H21N3OS/c1-28(2,23(18-39)35-26(41)29(31)8-9-29)43-15-5-10-37-11-13-38(14-12-37)25(40)19-6-7-21(22(16-19)42-4)34-27-33-17-20(30)24(32-3)36-27;1-12-16(22-11-19-12)14-7-5-13(6-8-14)10-18-17(21)15-4-3-9-20(15)2/h6-7,16-18,23H,5,8-15H2,1-4H3,(H,35,41)(H2,32,33,34,36);5-8,11,15H,3-4,9-10H2,1-2H3,(H,18,21). The molecule has 2 saturated heterocycles. The molecule has 2 atom stereocenters. The Bertz CT molecular complexity index is 2270. The Morgan fingerprint density at radius 3 is 2.45 bits per heavy atom. The number of likely N-dealkylation sites (N-methyl/N-ethyl adjacent to an activating group) is 1. The third-order valence-corrected chi connectivity index (χ3v) is 14.7. The summed E-state index contributed by atoms with van der Waals surface area (Å²) in [5.74, 6) is 1.49. The van der Waals surface area contributed by atoms with Gasteiger partial charge in [0.2, 0.25) is 11.9 Å². The number of likely N-dealkylation sites (tertiary alicyclic amines) is 1. The quantitative estimate of drug-likeness (QED) is 0.0622. The van der Waals surface area contributed by atoms with Gasteiger partial charge in [-0.1, -0.05) is 35.9 Å². The fourth-order valence-electron chi connectivity index (χ4n) is 7.60. The van der Waals surface area contributed by atoms with Gasteiger partial charge in [-0.3, -0.25) is 24.2 Å². The molecule has 1 aliphatic carbocycles. The van der Waals surface area contributed by atoms with Crippen LogP contribution in [-0.4, -0.2) is 142 Å². The number of anilines is 3. The first-order valence-electron chi connectivity index (χ1n) is 21.9. The molecular formula is C46H60ClFN10O5S2. The number of hydrogen-bond donors (Lipinski definition) is 4. The summed E-state index contributed by atoms with van der Waals surface area (Å²) in [6.45, 7) is 11.0. The second kappa shape index (κ2) is 22.5. The Balaban J connectivity index is 0.000000265. The fourth-order valence-corrected chi connectivity index (χ4v) is 9.69. The van der Waals surface area contributed by atoms with Crippen molar-refractivity contribution < 1.29 is 28.3 Å². The minimum Gasteiger partial charge on any atom is -0.495 e. The van der Waals surface area contributed by atoms with E-state index in [-0.39, 0.29) is 30.7 Å². The van der Waals surface area contributed by atoms with Gasteiger partial charge in [0, 0.05) is 50.1 Å². The van der Waals surface area contributed by atoms with Crippen LogP contribution in [0.25, 0.3) is 10.4 Å². The first kappa shape index (κ1) is 49.6. The summed E-state index contributed by atoms with van der Waals surface area (Å²) in [4.78, 5) is 69.5. The van der Waals surface area contributed by atoms with E-state index in [9.17, 15) is 23.6 Å². The Kier molecular flexibility index (Phi) is 17.2. The minimum atomic E-state index is -1.80. The normalized spacial score (nSPS) is 17.6. The number of nitrogens with one attached hydrogen (secondary N) is 4. The highest BCUT2D eigenvalue weighted by molar-refractivity contribution is 8.00. The number of thiazole rings is 1. The first-order valence-corrected chi connectivity index (χ1v) is 24.1. The number of nitrogens with zero attached hydrogens (tertiary/aromatic N) is 6. The zero-order valence-electron chi connectivity index (χ0n) is 37.9. The maximum absolute atomic E-state index is 14.0. The van der Waals surface area contributed by atoms with Crippen molar-refractivity contribution in [1.29, 1.82) is 0 Å². The SMILES string of the molecule is CNc1nc(Nc2ccc(C(=O)N3CCN(CCCSC(C)(C)C(C=O)NC(=O)C4(F)CC4)CC3)cc2OC)ncc1Cl.Cc1ncsc1-c1ccc(CNC(=O)C2CCCN2C)cc1. The van der Waals surface area contributed by atoms with Crippen LogP contribution < -0.4 is 26.0 Å². The summed E-state index contributed by atoms with van der Waals surface area (Å²) >= 11 is 9.32. The number of benzene rings is 2. The zero-order chi connectivity index (χ0) is 46.7. The summed E-state index contributed by atoms with van der Waals surface area (Å²) in [5.41, 5.74) is 4.59. The highest BCUT2D eigenvalue weighted by Gasteiger charge is 2.52. The molecule has 4 N–H and O–H groups in total. The summed E-state index contributed by atoms with van der Waals surface area (Å²) in [5, 5.41) is 12.0. The van der Waals surface area contributed by atoms with Crippen LogP contribution >= 0.6 is 34.7 Å². The lowest BCUT2D eigenvalue weighted by Gasteiger charge is -2.35. The van der Waals surface area contributed by atoms with Gasteiger partial charge in [0.25, 0.3) is 11.8 Å². The van der Waals surface area contributed by atoms with E-state index in [4.69, 9.17) is 16.3 Å². The van der Waals surface area contributed by atoms with Gasteiger partial charge >= 0.3 is 0 Å². The lowest BCUT2D eigenvalue weighted by Crippen LogP contribution is -2.51. The van der Waals surface area contributed by atoms with Gasteiger partial charge < -0.3 is 35.7 Å². The molecular weight excluding hydrogens is 891 g/mol. The summed E-state index contributed by atoms with van der Waals surface area (Å²) in [7, 11) is 5.27. The van der Waals surface area contributed by atoms with Gasteiger partial charge in [0.1, 0.15) is 22.9 Å². The summed E-state index contributed by atoms with van der Waals surface area (Å²) in [6.07, 6.45) is 5.58. The molecule has 2 aromatic carbocycles. The molecule has 0 radical (unpaired) electrons. The average Bonchev–Trinajstić information content (AvgIpc) is 3.68. The number of amides is 3. The number of hydrogen-bond acceptors (Lipinski definition) is 14. The van der Waals surface area contributed by atoms with Gasteiger partial charge in [-0.25, -0.2) is 14.4 Å². The van der Waals surface area contributed by atoms with Crippen LogP contribution in [0.4, 0.5) is 21.8 Å². The number of methoxy groups -OCH3 is 1. The van der Waals surface area contributed by atoms with Crippen LogP contribution in [0.3, 0.4) is 0 Å². The van der Waals surface area contributed by atoms with Crippen molar-refractivity contribution in [2.75, 3.05) is 76.9 Å². The van der Waals surface area contributed by atoms with Gasteiger partial charge in [0.05, 0.1) is 47.2 Å². The third kappa shape index (κ3) is 13.1. The molecule has 1 saturated carbocycles. The monoisotopic (exact) mass is 950 g/mol. The lowest BCUT2D eigenvalue weighted by atomic mass is 10.0. The maximum atomic E-state index is 14.0. The van der Waals surface area contributed by atoms with Gasteiger partial charge in [0.15, 0.2) is 5.67 Å². The van der Waals surface area contributed by atoms with Crippen LogP contribution in [0.5, 0.6) is 5.75 Å². The van der Waals surface area contributed by atoms with E-state index < -0.39 is 22.4 Å². The van der Waals surface area contributed by atoms with Gasteiger partial charge in [-0.2, -0.15) is 16.7 Å². The number of piperazine rings is 1. The smallest absolute Gasteiger partial charge is 0.258 e. The third-order valence-electron chi connectivity index (χ3n) is 11.9. The predicted molar refractivity (Wildman–Crippen MR) is 257 cm³/mol. The van der Waals surface area contributed by atoms with Crippen molar-refractivity contribution in [2.45, 2.75) is 81.9 Å². The van der Waals surface area contributed by atoms with Crippen molar-refractivity contribution >= 4 is 76.2 Å². The van der Waals surface area contributed by atoms with Gasteiger partial charge in [-0.15, -0.1) is 11.3 Å². The van der Waals surface area contributed by atoms with E-state index in [0.29, 0.717) is 59.7 Å². The highest BCUT2D eigenvalue weighted by Crippen LogP contribution is 2.40. The number of thioether (sulfide) groups is 1. The van der Waals surface area contributed by atoms with Crippen LogP contribution in [-0.2, 0) is 20.9 Å². The van der Waals surface area contributed by atoms with Crippen molar-refractivity contribution in [1.82, 2.24) is 40.3 Å². The van der Waals surface area contributed by atoms with Crippen molar-refractivity contribution in [3.63, 3.8) is 0 Å². The fraction of sp³-hybridized carbons (Fsp3) is 0.500. The summed E-state index contributed by atoms with van der Waals surface area (Å²) < 4.78 is 19.0. The largest absolute Gasteiger partial charge is 0.495 e. The molecule has 0 spiro atoms. The molecule has 2 aliphatic heterocycles. The maximum Gasteiger partial charge on any atom is 0.258 e. The van der Waals surface area contributed by atoms with Crippen molar-refractivity contribution in [3.8, 4) is 16.2 Å². The second-order valence-corrected chi connectivity index (χ2v) is 20.0. The Morgan fingerprint density at radius 1 is 1.09 bits per heavy atom. The molecule has 4 heterocycles. The van der Waals surface area contributed by atoms with E-state index in [1.165, 1.54) is 23.7 Å². The molecule has 2 unspecified atom stereocenters. The molecule has 350 valence electrons. The number of carbonyl (C=O) groups excluding carboxylic acids is 4. The first-order chi connectivity index (χ1) is 31.1. The highest BCUT2D eigenvalue weighted by atomic mass is 35.5. The van der Waals surface area contributed by atoms with E-state index >= 15 is 0 Å². The number of halogens is 2. The van der Waals surface area contributed by atoms with E-state index in [1.807, 2.05) is 38.2 Å². The number of aldehydes is 1. The molecule has 19 heteroatoms. The van der Waals surface area contributed by atoms with E-state index in [0.717, 1.165) is 62.5 Å². The van der Waals surface area contributed by atoms with E-state index in [2.05, 4.69) is 70.3 Å². The Hall–Kier alpha value is -4.88. The number of aromatic nitrogens is 3. The summed E-state index contributed by atoms with van der Waals surface area (Å²) in [6, 6.07) is 12.9. The topological polar surface area (TPSA) is 174 Å². The number of alkyl halides is 1. The molecule has 3 fully saturated rings. The van der Waals surface area contributed by atoms with Gasteiger partial charge in [-0.05, 0) is 108 Å². The lowest BCUT2D eigenvalue weighted by molar-refractivity contribution is -0.130. The van der Waals surface area contributed by atoms with Crippen molar-refractivity contribution in [2.24, 2.45) is 0 Å². The molecule has 7 rings (SSSR count). The number of rotatable bonds is 18. The van der Waals surface area contributed by atoms with Crippen LogP contribution in [0.1, 0.15) is 67.6 Å². The minimum absolute atomic E-state index is 0.0408. The predicted octanol–water partition coefficient (Wildman–Crippen LogP) is 6.60. The molecule has 3 aliphatic rings. The van der Waals surface area contributed by atoms with Crippen LogP contribution in [0.2, 0.25) is 5.02 Å².